The quantitative estimate of drug-likeness (QED) is 0.816. The molecule has 5 heteroatoms. The van der Waals surface area contributed by atoms with Crippen molar-refractivity contribution < 1.29 is 5.11 Å². The molecule has 1 nitrogen and oxygen atoms in total. The fourth-order valence-corrected chi connectivity index (χ4v) is 3.57. The molecule has 0 saturated heterocycles. The van der Waals surface area contributed by atoms with E-state index in [2.05, 4.69) is 15.9 Å². The highest BCUT2D eigenvalue weighted by atomic mass is 79.9. The highest BCUT2D eigenvalue weighted by Gasteiger charge is 2.11. The molecule has 0 aliphatic rings. The minimum atomic E-state index is -0.586. The minimum Gasteiger partial charge on any atom is -0.388 e. The van der Waals surface area contributed by atoms with E-state index in [0.29, 0.717) is 16.5 Å². The predicted molar refractivity (Wildman–Crippen MR) is 77.1 cm³/mol. The summed E-state index contributed by atoms with van der Waals surface area (Å²) in [7, 11) is 0. The van der Waals surface area contributed by atoms with Crippen molar-refractivity contribution in [3.8, 4) is 0 Å². The third kappa shape index (κ3) is 3.70. The highest BCUT2D eigenvalue weighted by molar-refractivity contribution is 9.10. The molecule has 1 aromatic heterocycles. The van der Waals surface area contributed by atoms with Crippen molar-refractivity contribution in [1.82, 2.24) is 0 Å². The van der Waals surface area contributed by atoms with Gasteiger partial charge in [0.25, 0.3) is 0 Å². The van der Waals surface area contributed by atoms with Gasteiger partial charge in [-0.05, 0) is 45.8 Å². The van der Waals surface area contributed by atoms with Crippen LogP contribution in [0.3, 0.4) is 0 Å². The van der Waals surface area contributed by atoms with Crippen molar-refractivity contribution in [1.29, 1.82) is 0 Å². The molecule has 0 aliphatic heterocycles. The second kappa shape index (κ2) is 5.72. The van der Waals surface area contributed by atoms with Gasteiger partial charge in [0, 0.05) is 31.2 Å². The summed E-state index contributed by atoms with van der Waals surface area (Å²) in [6, 6.07) is 7.13. The van der Waals surface area contributed by atoms with Crippen molar-refractivity contribution in [3.05, 3.63) is 54.6 Å². The van der Waals surface area contributed by atoms with Gasteiger partial charge in [-0.1, -0.05) is 23.2 Å². The first-order chi connectivity index (χ1) is 8.04. The van der Waals surface area contributed by atoms with Crippen molar-refractivity contribution in [2.45, 2.75) is 12.5 Å². The first-order valence-electron chi connectivity index (χ1n) is 4.91. The van der Waals surface area contributed by atoms with E-state index in [1.165, 1.54) is 0 Å². The molecule has 0 bridgehead atoms. The van der Waals surface area contributed by atoms with Crippen molar-refractivity contribution >= 4 is 50.5 Å². The third-order valence-electron chi connectivity index (χ3n) is 2.29. The van der Waals surface area contributed by atoms with E-state index in [1.54, 1.807) is 29.5 Å². The molecule has 0 fully saturated rings. The zero-order valence-electron chi connectivity index (χ0n) is 8.66. The molecule has 1 unspecified atom stereocenters. The largest absolute Gasteiger partial charge is 0.388 e. The molecular formula is C12H9BrCl2OS. The Bertz CT molecular complexity index is 507. The first kappa shape index (κ1) is 13.4. The van der Waals surface area contributed by atoms with Crippen LogP contribution < -0.4 is 0 Å². The van der Waals surface area contributed by atoms with Crippen LogP contribution in [0.4, 0.5) is 0 Å². The van der Waals surface area contributed by atoms with Gasteiger partial charge < -0.3 is 5.11 Å². The van der Waals surface area contributed by atoms with Crippen LogP contribution in [-0.4, -0.2) is 5.11 Å². The molecule has 0 amide bonds. The average molecular weight is 352 g/mol. The van der Waals surface area contributed by atoms with Crippen LogP contribution >= 0.6 is 50.5 Å². The van der Waals surface area contributed by atoms with E-state index < -0.39 is 6.10 Å². The molecule has 17 heavy (non-hydrogen) atoms. The number of benzene rings is 1. The smallest absolute Gasteiger partial charge is 0.0839 e. The number of aliphatic hydroxyl groups is 1. The van der Waals surface area contributed by atoms with Gasteiger partial charge in [-0.2, -0.15) is 0 Å². The lowest BCUT2D eigenvalue weighted by molar-refractivity contribution is 0.179. The standard InChI is InChI=1S/C12H9BrCl2OS/c13-8-3-11(17-6-8)5-12(16)7-1-9(14)4-10(15)2-7/h1-4,6,12,16H,5H2. The van der Waals surface area contributed by atoms with Gasteiger partial charge in [-0.15, -0.1) is 11.3 Å². The summed E-state index contributed by atoms with van der Waals surface area (Å²) in [6.45, 7) is 0. The SMILES string of the molecule is OC(Cc1cc(Br)cs1)c1cc(Cl)cc(Cl)c1. The third-order valence-corrected chi connectivity index (χ3v) is 4.44. The van der Waals surface area contributed by atoms with Crippen molar-refractivity contribution in [2.75, 3.05) is 0 Å². The van der Waals surface area contributed by atoms with Gasteiger partial charge in [0.05, 0.1) is 6.10 Å². The first-order valence-corrected chi connectivity index (χ1v) is 7.34. The van der Waals surface area contributed by atoms with Gasteiger partial charge in [-0.3, -0.25) is 0 Å². The Balaban J connectivity index is 2.16. The lowest BCUT2D eigenvalue weighted by Gasteiger charge is -2.10. The molecule has 1 atom stereocenters. The Kier molecular flexibility index (Phi) is 4.50. The predicted octanol–water partition coefficient (Wildman–Crippen LogP) is 5.09. The van der Waals surface area contributed by atoms with Crippen LogP contribution in [0.25, 0.3) is 0 Å². The van der Waals surface area contributed by atoms with Crippen LogP contribution in [0.15, 0.2) is 34.1 Å². The fraction of sp³-hybridized carbons (Fsp3) is 0.167. The van der Waals surface area contributed by atoms with Crippen LogP contribution in [0.5, 0.6) is 0 Å². The monoisotopic (exact) mass is 350 g/mol. The van der Waals surface area contributed by atoms with E-state index >= 15 is 0 Å². The molecule has 1 aromatic carbocycles. The normalized spacial score (nSPS) is 12.7. The lowest BCUT2D eigenvalue weighted by atomic mass is 10.1. The molecule has 2 aromatic rings. The summed E-state index contributed by atoms with van der Waals surface area (Å²) in [5.41, 5.74) is 0.743. The van der Waals surface area contributed by atoms with E-state index in [0.717, 1.165) is 14.9 Å². The molecule has 0 radical (unpaired) electrons. The summed E-state index contributed by atoms with van der Waals surface area (Å²) in [5, 5.41) is 13.2. The number of hydrogen-bond acceptors (Lipinski definition) is 2. The van der Waals surface area contributed by atoms with Gasteiger partial charge >= 0.3 is 0 Å². The van der Waals surface area contributed by atoms with Crippen LogP contribution in [0.2, 0.25) is 10.0 Å². The van der Waals surface area contributed by atoms with Gasteiger partial charge in [0.15, 0.2) is 0 Å². The second-order valence-electron chi connectivity index (χ2n) is 3.65. The number of hydrogen-bond donors (Lipinski definition) is 1. The van der Waals surface area contributed by atoms with Crippen molar-refractivity contribution in [2.24, 2.45) is 0 Å². The summed E-state index contributed by atoms with van der Waals surface area (Å²) >= 11 is 16.8. The van der Waals surface area contributed by atoms with E-state index in [1.807, 2.05) is 11.4 Å². The van der Waals surface area contributed by atoms with Crippen LogP contribution in [-0.2, 0) is 6.42 Å². The second-order valence-corrected chi connectivity index (χ2v) is 6.44. The van der Waals surface area contributed by atoms with E-state index in [-0.39, 0.29) is 0 Å². The average Bonchev–Trinajstić information content (AvgIpc) is 2.62. The Hall–Kier alpha value is -0.0600. The summed E-state index contributed by atoms with van der Waals surface area (Å²) < 4.78 is 1.04. The van der Waals surface area contributed by atoms with Crippen LogP contribution in [0.1, 0.15) is 16.5 Å². The zero-order valence-corrected chi connectivity index (χ0v) is 12.6. The molecule has 1 N–H and O–H groups in total. The summed E-state index contributed by atoms with van der Waals surface area (Å²) in [4.78, 5) is 1.11. The maximum absolute atomic E-state index is 10.1. The molecule has 2 rings (SSSR count). The molecule has 0 spiro atoms. The maximum Gasteiger partial charge on any atom is 0.0839 e. The summed E-state index contributed by atoms with van der Waals surface area (Å²) in [6.07, 6.45) is -0.0239. The maximum atomic E-state index is 10.1. The van der Waals surface area contributed by atoms with Crippen molar-refractivity contribution in [3.63, 3.8) is 0 Å². The Morgan fingerprint density at radius 3 is 2.35 bits per heavy atom. The molecule has 1 heterocycles. The van der Waals surface area contributed by atoms with Crippen LogP contribution in [0, 0.1) is 0 Å². The Morgan fingerprint density at radius 2 is 1.82 bits per heavy atom. The zero-order chi connectivity index (χ0) is 12.4. The molecular weight excluding hydrogens is 343 g/mol. The topological polar surface area (TPSA) is 20.2 Å². The number of rotatable bonds is 3. The molecule has 0 saturated carbocycles. The number of thiophene rings is 1. The Labute approximate surface area is 122 Å². The molecule has 0 aliphatic carbocycles. The number of aliphatic hydroxyl groups excluding tert-OH is 1. The van der Waals surface area contributed by atoms with Gasteiger partial charge in [0.1, 0.15) is 0 Å². The lowest BCUT2D eigenvalue weighted by Crippen LogP contribution is -2.00. The minimum absolute atomic E-state index is 0.541. The molecule has 90 valence electrons. The Morgan fingerprint density at radius 1 is 1.18 bits per heavy atom. The fourth-order valence-electron chi connectivity index (χ4n) is 1.54. The summed E-state index contributed by atoms with van der Waals surface area (Å²) in [5.74, 6) is 0. The van der Waals surface area contributed by atoms with E-state index in [4.69, 9.17) is 23.2 Å². The van der Waals surface area contributed by atoms with E-state index in [9.17, 15) is 5.11 Å². The highest BCUT2D eigenvalue weighted by Crippen LogP contribution is 2.28. The number of halogens is 3. The van der Waals surface area contributed by atoms with Gasteiger partial charge in [-0.25, -0.2) is 0 Å². The van der Waals surface area contributed by atoms with Gasteiger partial charge in [0.2, 0.25) is 0 Å².